The molecule has 0 spiro atoms. The number of hydrogen-bond acceptors (Lipinski definition) is 6. The third-order valence-electron chi connectivity index (χ3n) is 2.55. The van der Waals surface area contributed by atoms with Crippen molar-refractivity contribution in [2.45, 2.75) is 0 Å². The van der Waals surface area contributed by atoms with Gasteiger partial charge in [0.2, 0.25) is 10.0 Å². The third-order valence-corrected chi connectivity index (χ3v) is 4.39. The maximum absolute atomic E-state index is 11.6. The Morgan fingerprint density at radius 3 is 2.68 bits per heavy atom. The predicted octanol–water partition coefficient (Wildman–Crippen LogP) is 0.328. The largest absolute Gasteiger partial charge is 0.369 e. The van der Waals surface area contributed by atoms with Crippen LogP contribution >= 0.6 is 0 Å². The van der Waals surface area contributed by atoms with Gasteiger partial charge in [-0.1, -0.05) is 0 Å². The fourth-order valence-corrected chi connectivity index (χ4v) is 2.17. The first-order chi connectivity index (χ1) is 8.99. The van der Waals surface area contributed by atoms with E-state index in [0.717, 1.165) is 0 Å². The van der Waals surface area contributed by atoms with Crippen molar-refractivity contribution in [2.24, 2.45) is 0 Å². The monoisotopic (exact) mass is 281 g/mol. The lowest BCUT2D eigenvalue weighted by Gasteiger charge is -2.11. The van der Waals surface area contributed by atoms with Gasteiger partial charge in [0.1, 0.15) is 11.3 Å². The number of nitrogens with zero attached hydrogens (tertiary/aromatic N) is 4. The first-order valence-electron chi connectivity index (χ1n) is 5.71. The van der Waals surface area contributed by atoms with Crippen LogP contribution in [0.1, 0.15) is 0 Å². The van der Waals surface area contributed by atoms with Gasteiger partial charge in [-0.05, 0) is 12.1 Å². The third kappa shape index (κ3) is 3.36. The summed E-state index contributed by atoms with van der Waals surface area (Å²) in [5.74, 6) is 0.599. The summed E-state index contributed by atoms with van der Waals surface area (Å²) < 4.78 is 24.4. The highest BCUT2D eigenvalue weighted by Gasteiger charge is 2.12. The summed E-state index contributed by atoms with van der Waals surface area (Å²) in [4.78, 5) is 12.4. The fraction of sp³-hybridized carbons (Fsp3) is 0.364. The average molecular weight is 281 g/mol. The number of anilines is 1. The predicted molar refractivity (Wildman–Crippen MR) is 73.3 cm³/mol. The lowest BCUT2D eigenvalue weighted by molar-refractivity contribution is 0.521. The minimum Gasteiger partial charge on any atom is -0.369 e. The molecule has 0 saturated carbocycles. The first-order valence-corrected chi connectivity index (χ1v) is 7.32. The Bertz CT molecular complexity index is 672. The molecule has 2 heterocycles. The molecule has 0 saturated heterocycles. The molecule has 0 radical (unpaired) electrons. The summed E-state index contributed by atoms with van der Waals surface area (Å²) in [6.45, 7) is 0.291. The quantitative estimate of drug-likeness (QED) is 0.849. The molecule has 0 bridgehead atoms. The van der Waals surface area contributed by atoms with Crippen LogP contribution in [0.3, 0.4) is 0 Å². The van der Waals surface area contributed by atoms with Crippen LogP contribution < -0.4 is 5.32 Å². The Morgan fingerprint density at radius 1 is 1.21 bits per heavy atom. The summed E-state index contributed by atoms with van der Waals surface area (Å²) in [5, 5.41) is 2.96. The molecule has 0 unspecified atom stereocenters. The maximum atomic E-state index is 11.6. The topological polar surface area (TPSA) is 88.1 Å². The molecule has 2 rings (SSSR count). The Labute approximate surface area is 111 Å². The summed E-state index contributed by atoms with van der Waals surface area (Å²) in [5.41, 5.74) is 1.23. The molecule has 2 aromatic rings. The van der Waals surface area contributed by atoms with Crippen LogP contribution in [0.25, 0.3) is 11.2 Å². The Balaban J connectivity index is 2.03. The van der Waals surface area contributed by atoms with Crippen LogP contribution in [-0.4, -0.2) is 54.1 Å². The standard InChI is InChI=1S/C11H15N5O2S/c1-16(2)19(17,18)8-7-13-10-4-3-9-11(15-10)14-6-5-12-9/h3-6H,7-8H2,1-2H3,(H,13,14,15). The van der Waals surface area contributed by atoms with Gasteiger partial charge in [0.25, 0.3) is 0 Å². The van der Waals surface area contributed by atoms with Gasteiger partial charge in [0, 0.05) is 33.0 Å². The molecule has 0 aromatic carbocycles. The number of sulfonamides is 1. The van der Waals surface area contributed by atoms with Gasteiger partial charge in [-0.25, -0.2) is 22.7 Å². The smallest absolute Gasteiger partial charge is 0.215 e. The average Bonchev–Trinajstić information content (AvgIpc) is 2.38. The van der Waals surface area contributed by atoms with Gasteiger partial charge >= 0.3 is 0 Å². The highest BCUT2D eigenvalue weighted by Crippen LogP contribution is 2.09. The second-order valence-corrected chi connectivity index (χ2v) is 6.42. The van der Waals surface area contributed by atoms with Gasteiger partial charge in [0.05, 0.1) is 5.75 Å². The van der Waals surface area contributed by atoms with E-state index in [1.165, 1.54) is 18.4 Å². The zero-order chi connectivity index (χ0) is 13.9. The minimum absolute atomic E-state index is 0.0141. The second-order valence-electron chi connectivity index (χ2n) is 4.12. The molecule has 0 amide bonds. The van der Waals surface area contributed by atoms with Crippen LogP contribution in [-0.2, 0) is 10.0 Å². The molecule has 0 aliphatic heterocycles. The number of rotatable bonds is 5. The van der Waals surface area contributed by atoms with Crippen molar-refractivity contribution in [3.8, 4) is 0 Å². The van der Waals surface area contributed by atoms with E-state index in [2.05, 4.69) is 20.3 Å². The van der Waals surface area contributed by atoms with Crippen molar-refractivity contribution in [1.82, 2.24) is 19.3 Å². The van der Waals surface area contributed by atoms with Crippen molar-refractivity contribution in [3.05, 3.63) is 24.5 Å². The van der Waals surface area contributed by atoms with Crippen LogP contribution in [0.2, 0.25) is 0 Å². The van der Waals surface area contributed by atoms with Gasteiger partial charge < -0.3 is 5.32 Å². The van der Waals surface area contributed by atoms with E-state index in [1.807, 2.05) is 0 Å². The van der Waals surface area contributed by atoms with E-state index in [9.17, 15) is 8.42 Å². The Hall–Kier alpha value is -1.80. The summed E-state index contributed by atoms with van der Waals surface area (Å²) >= 11 is 0. The molecular weight excluding hydrogens is 266 g/mol. The fourth-order valence-electron chi connectivity index (χ4n) is 1.44. The maximum Gasteiger partial charge on any atom is 0.215 e. The SMILES string of the molecule is CN(C)S(=O)(=O)CCNc1ccc2nccnc2n1. The molecule has 0 aliphatic carbocycles. The van der Waals surface area contributed by atoms with Crippen molar-refractivity contribution in [2.75, 3.05) is 31.7 Å². The highest BCUT2D eigenvalue weighted by molar-refractivity contribution is 7.89. The van der Waals surface area contributed by atoms with E-state index in [-0.39, 0.29) is 5.75 Å². The van der Waals surface area contributed by atoms with Gasteiger partial charge in [0.15, 0.2) is 5.65 Å². The van der Waals surface area contributed by atoms with Gasteiger partial charge in [-0.2, -0.15) is 0 Å². The first kappa shape index (κ1) is 13.6. The normalized spacial score (nSPS) is 11.9. The molecule has 7 nitrogen and oxygen atoms in total. The van der Waals surface area contributed by atoms with Crippen molar-refractivity contribution in [3.63, 3.8) is 0 Å². The van der Waals surface area contributed by atoms with Crippen molar-refractivity contribution >= 4 is 27.0 Å². The number of hydrogen-bond donors (Lipinski definition) is 1. The van der Waals surface area contributed by atoms with Crippen LogP contribution in [0.5, 0.6) is 0 Å². The number of fused-ring (bicyclic) bond motifs is 1. The van der Waals surface area contributed by atoms with Crippen LogP contribution in [0.4, 0.5) is 5.82 Å². The molecule has 102 valence electrons. The Kier molecular flexibility index (Phi) is 3.91. The molecule has 0 fully saturated rings. The summed E-state index contributed by atoms with van der Waals surface area (Å²) in [6.07, 6.45) is 3.16. The minimum atomic E-state index is -3.20. The second kappa shape index (κ2) is 5.45. The zero-order valence-corrected chi connectivity index (χ0v) is 11.6. The number of pyridine rings is 1. The summed E-state index contributed by atoms with van der Waals surface area (Å²) in [6, 6.07) is 3.54. The highest BCUT2D eigenvalue weighted by atomic mass is 32.2. The summed E-state index contributed by atoms with van der Waals surface area (Å²) in [7, 11) is -0.170. The van der Waals surface area contributed by atoms with Crippen LogP contribution in [0.15, 0.2) is 24.5 Å². The molecule has 0 aliphatic rings. The van der Waals surface area contributed by atoms with Crippen LogP contribution in [0, 0.1) is 0 Å². The van der Waals surface area contributed by atoms with E-state index in [4.69, 9.17) is 0 Å². The van der Waals surface area contributed by atoms with E-state index in [1.54, 1.807) is 24.5 Å². The lowest BCUT2D eigenvalue weighted by atomic mass is 10.4. The van der Waals surface area contributed by atoms with Gasteiger partial charge in [-0.3, -0.25) is 4.98 Å². The van der Waals surface area contributed by atoms with E-state index < -0.39 is 10.0 Å². The molecule has 8 heteroatoms. The number of aromatic nitrogens is 3. The molecule has 1 N–H and O–H groups in total. The molecule has 0 atom stereocenters. The zero-order valence-electron chi connectivity index (χ0n) is 10.7. The molecule has 2 aromatic heterocycles. The molecule has 19 heavy (non-hydrogen) atoms. The Morgan fingerprint density at radius 2 is 1.95 bits per heavy atom. The van der Waals surface area contributed by atoms with Crippen molar-refractivity contribution < 1.29 is 8.42 Å². The number of nitrogens with one attached hydrogen (secondary N) is 1. The molecular formula is C11H15N5O2S. The van der Waals surface area contributed by atoms with E-state index in [0.29, 0.717) is 23.5 Å². The van der Waals surface area contributed by atoms with Gasteiger partial charge in [-0.15, -0.1) is 0 Å². The lowest BCUT2D eigenvalue weighted by Crippen LogP contribution is -2.28. The van der Waals surface area contributed by atoms with E-state index >= 15 is 0 Å². The van der Waals surface area contributed by atoms with Crippen molar-refractivity contribution in [1.29, 1.82) is 0 Å².